The topological polar surface area (TPSA) is 63.6 Å². The number of para-hydroxylation sites is 1. The molecule has 0 bridgehead atoms. The summed E-state index contributed by atoms with van der Waals surface area (Å²) in [4.78, 5) is 17.0. The third kappa shape index (κ3) is 1.89. The first-order chi connectivity index (χ1) is 12.5. The van der Waals surface area contributed by atoms with E-state index in [2.05, 4.69) is 47.2 Å². The van der Waals surface area contributed by atoms with Gasteiger partial charge in [0.2, 0.25) is 0 Å². The second-order valence-electron chi connectivity index (χ2n) is 7.06. The molecule has 1 N–H and O–H groups in total. The van der Waals surface area contributed by atoms with Crippen LogP contribution in [-0.4, -0.2) is 19.7 Å². The summed E-state index contributed by atoms with van der Waals surface area (Å²) in [6.45, 7) is 4.16. The largest absolute Gasteiger partial charge is 0.295 e. The first-order valence-corrected chi connectivity index (χ1v) is 8.72. The fourth-order valence-electron chi connectivity index (χ4n) is 3.84. The molecule has 0 unspecified atom stereocenters. The number of nitrogens with one attached hydrogen (secondary N) is 1. The lowest BCUT2D eigenvalue weighted by Crippen LogP contribution is -2.24. The van der Waals surface area contributed by atoms with Crippen molar-refractivity contribution < 1.29 is 0 Å². The molecule has 2 aromatic heterocycles. The highest BCUT2D eigenvalue weighted by Crippen LogP contribution is 2.44. The maximum atomic E-state index is 12.6. The van der Waals surface area contributed by atoms with E-state index in [0.29, 0.717) is 21.7 Å². The zero-order valence-corrected chi connectivity index (χ0v) is 15.0. The van der Waals surface area contributed by atoms with Crippen molar-refractivity contribution in [2.45, 2.75) is 19.3 Å². The SMILES string of the molecule is CC1(C)c2ccc(-c3cn[nH]c3)cc2-n2c1nc(=O)c1cccc(Cl)c12. The maximum absolute atomic E-state index is 12.6. The summed E-state index contributed by atoms with van der Waals surface area (Å²) >= 11 is 6.51. The van der Waals surface area contributed by atoms with Gasteiger partial charge >= 0.3 is 0 Å². The summed E-state index contributed by atoms with van der Waals surface area (Å²) in [5.41, 5.74) is 4.23. The minimum absolute atomic E-state index is 0.246. The van der Waals surface area contributed by atoms with Gasteiger partial charge < -0.3 is 0 Å². The number of benzene rings is 2. The van der Waals surface area contributed by atoms with Crippen LogP contribution in [0, 0.1) is 0 Å². The van der Waals surface area contributed by atoms with E-state index in [1.54, 1.807) is 18.3 Å². The van der Waals surface area contributed by atoms with E-state index in [1.165, 1.54) is 0 Å². The van der Waals surface area contributed by atoms with E-state index < -0.39 is 5.41 Å². The van der Waals surface area contributed by atoms with E-state index >= 15 is 0 Å². The van der Waals surface area contributed by atoms with Crippen molar-refractivity contribution in [2.24, 2.45) is 0 Å². The summed E-state index contributed by atoms with van der Waals surface area (Å²) in [6.07, 6.45) is 3.65. The van der Waals surface area contributed by atoms with Gasteiger partial charge in [0.05, 0.1) is 33.2 Å². The van der Waals surface area contributed by atoms with Gasteiger partial charge in [0.25, 0.3) is 5.56 Å². The minimum Gasteiger partial charge on any atom is -0.295 e. The van der Waals surface area contributed by atoms with Crippen LogP contribution in [0.4, 0.5) is 0 Å². The molecule has 0 fully saturated rings. The lowest BCUT2D eigenvalue weighted by atomic mass is 9.85. The average Bonchev–Trinajstić information content (AvgIpc) is 3.22. The molecule has 6 heteroatoms. The smallest absolute Gasteiger partial charge is 0.280 e. The third-order valence-corrected chi connectivity index (χ3v) is 5.47. The van der Waals surface area contributed by atoms with Crippen LogP contribution in [0.1, 0.15) is 25.2 Å². The summed E-state index contributed by atoms with van der Waals surface area (Å²) in [5.74, 6) is 0.711. The standard InChI is InChI=1S/C20H15ClN4O/c1-20(2)14-7-6-11(12-9-22-23-10-12)8-16(14)25-17-13(4-3-5-15(17)21)18(26)24-19(20)25/h3-10H,1-2H3,(H,22,23). The van der Waals surface area contributed by atoms with Gasteiger partial charge in [-0.15, -0.1) is 0 Å². The molecule has 0 atom stereocenters. The molecule has 4 aromatic rings. The monoisotopic (exact) mass is 362 g/mol. The molecule has 3 heterocycles. The Balaban J connectivity index is 1.94. The molecule has 26 heavy (non-hydrogen) atoms. The Morgan fingerprint density at radius 3 is 2.77 bits per heavy atom. The fraction of sp³-hybridized carbons (Fsp3) is 0.150. The summed E-state index contributed by atoms with van der Waals surface area (Å²) in [6, 6.07) is 11.6. The highest BCUT2D eigenvalue weighted by atomic mass is 35.5. The van der Waals surface area contributed by atoms with Gasteiger partial charge in [-0.25, -0.2) is 0 Å². The molecule has 128 valence electrons. The first-order valence-electron chi connectivity index (χ1n) is 8.34. The average molecular weight is 363 g/mol. The van der Waals surface area contributed by atoms with Gasteiger partial charge in [-0.05, 0) is 43.2 Å². The van der Waals surface area contributed by atoms with E-state index in [4.69, 9.17) is 11.6 Å². The number of nitrogens with zero attached hydrogens (tertiary/aromatic N) is 3. The second kappa shape index (κ2) is 5.05. The van der Waals surface area contributed by atoms with E-state index in [1.807, 2.05) is 16.8 Å². The van der Waals surface area contributed by atoms with Crippen molar-refractivity contribution in [3.05, 3.63) is 75.6 Å². The number of H-pyrrole nitrogens is 1. The molecule has 0 radical (unpaired) electrons. The predicted molar refractivity (Wildman–Crippen MR) is 102 cm³/mol. The molecule has 0 amide bonds. The number of aromatic amines is 1. The quantitative estimate of drug-likeness (QED) is 0.555. The zero-order valence-electron chi connectivity index (χ0n) is 14.2. The van der Waals surface area contributed by atoms with Crippen molar-refractivity contribution in [2.75, 3.05) is 0 Å². The number of rotatable bonds is 1. The molecule has 1 aliphatic heterocycles. The van der Waals surface area contributed by atoms with Crippen molar-refractivity contribution in [3.63, 3.8) is 0 Å². The molecule has 5 nitrogen and oxygen atoms in total. The van der Waals surface area contributed by atoms with Crippen LogP contribution in [0.5, 0.6) is 0 Å². The predicted octanol–water partition coefficient (Wildman–Crippen LogP) is 4.07. The van der Waals surface area contributed by atoms with Crippen LogP contribution in [-0.2, 0) is 5.41 Å². The van der Waals surface area contributed by atoms with Crippen LogP contribution >= 0.6 is 11.6 Å². The molecule has 2 aromatic carbocycles. The number of hydrogen-bond acceptors (Lipinski definition) is 3. The molecule has 1 aliphatic rings. The lowest BCUT2D eigenvalue weighted by Gasteiger charge is -2.18. The Labute approximate surface area is 154 Å². The van der Waals surface area contributed by atoms with Crippen LogP contribution in [0.2, 0.25) is 5.02 Å². The van der Waals surface area contributed by atoms with Crippen molar-refractivity contribution in [1.29, 1.82) is 0 Å². The van der Waals surface area contributed by atoms with Gasteiger partial charge in [-0.2, -0.15) is 10.1 Å². The molecule has 5 rings (SSSR count). The van der Waals surface area contributed by atoms with Crippen molar-refractivity contribution >= 4 is 22.5 Å². The number of halogens is 1. The number of fused-ring (bicyclic) bond motifs is 5. The van der Waals surface area contributed by atoms with Gasteiger partial charge in [-0.1, -0.05) is 29.8 Å². The van der Waals surface area contributed by atoms with Crippen LogP contribution in [0.25, 0.3) is 27.7 Å². The Hall–Kier alpha value is -2.92. The zero-order chi connectivity index (χ0) is 18.1. The van der Waals surface area contributed by atoms with E-state index in [-0.39, 0.29) is 5.56 Å². The summed E-state index contributed by atoms with van der Waals surface area (Å²) < 4.78 is 2.03. The normalized spacial score (nSPS) is 14.4. The highest BCUT2D eigenvalue weighted by molar-refractivity contribution is 6.35. The highest BCUT2D eigenvalue weighted by Gasteiger charge is 2.38. The van der Waals surface area contributed by atoms with Gasteiger partial charge in [0.1, 0.15) is 5.82 Å². The molecular formula is C20H15ClN4O. The van der Waals surface area contributed by atoms with Crippen molar-refractivity contribution in [1.82, 2.24) is 19.7 Å². The molecule has 0 saturated heterocycles. The van der Waals surface area contributed by atoms with Gasteiger partial charge in [0, 0.05) is 11.8 Å². The lowest BCUT2D eigenvalue weighted by molar-refractivity contribution is 0.610. The Bertz CT molecular complexity index is 1240. The maximum Gasteiger partial charge on any atom is 0.280 e. The molecule has 0 saturated carbocycles. The Kier molecular flexibility index (Phi) is 2.98. The Morgan fingerprint density at radius 2 is 2.00 bits per heavy atom. The van der Waals surface area contributed by atoms with E-state index in [0.717, 1.165) is 22.4 Å². The summed E-state index contributed by atoms with van der Waals surface area (Å²) in [5, 5.41) is 7.95. The van der Waals surface area contributed by atoms with Crippen LogP contribution in [0.3, 0.4) is 0 Å². The first kappa shape index (κ1) is 15.3. The minimum atomic E-state index is -0.392. The molecule has 0 spiro atoms. The fourth-order valence-corrected chi connectivity index (χ4v) is 4.09. The molecule has 0 aliphatic carbocycles. The van der Waals surface area contributed by atoms with Crippen molar-refractivity contribution in [3.8, 4) is 16.8 Å². The van der Waals surface area contributed by atoms with Crippen LogP contribution < -0.4 is 5.56 Å². The third-order valence-electron chi connectivity index (χ3n) is 5.16. The van der Waals surface area contributed by atoms with E-state index in [9.17, 15) is 4.79 Å². The second-order valence-corrected chi connectivity index (χ2v) is 7.46. The molecular weight excluding hydrogens is 348 g/mol. The van der Waals surface area contributed by atoms with Gasteiger partial charge in [0.15, 0.2) is 0 Å². The number of aromatic nitrogens is 4. The summed E-state index contributed by atoms with van der Waals surface area (Å²) in [7, 11) is 0. The number of hydrogen-bond donors (Lipinski definition) is 1. The van der Waals surface area contributed by atoms with Crippen LogP contribution in [0.15, 0.2) is 53.6 Å². The Morgan fingerprint density at radius 1 is 1.15 bits per heavy atom. The van der Waals surface area contributed by atoms with Gasteiger partial charge in [-0.3, -0.25) is 14.5 Å².